The summed E-state index contributed by atoms with van der Waals surface area (Å²) in [6, 6.07) is 8.09. The van der Waals surface area contributed by atoms with Crippen LogP contribution in [0.3, 0.4) is 0 Å². The lowest BCUT2D eigenvalue weighted by molar-refractivity contribution is -0.224. The van der Waals surface area contributed by atoms with Gasteiger partial charge < -0.3 is 14.4 Å². The van der Waals surface area contributed by atoms with Gasteiger partial charge in [-0.2, -0.15) is 0 Å². The fourth-order valence-corrected chi connectivity index (χ4v) is 4.71. The molecule has 26 heavy (non-hydrogen) atoms. The van der Waals surface area contributed by atoms with E-state index in [1.165, 1.54) is 25.1 Å². The van der Waals surface area contributed by atoms with Crippen molar-refractivity contribution in [3.8, 4) is 0 Å². The summed E-state index contributed by atoms with van der Waals surface area (Å²) in [6.07, 6.45) is 2.39. The van der Waals surface area contributed by atoms with Crippen LogP contribution in [0.25, 0.3) is 0 Å². The van der Waals surface area contributed by atoms with E-state index in [0.717, 1.165) is 29.8 Å². The number of rotatable bonds is 5. The maximum Gasteiger partial charge on any atom is 0.171 e. The molecule has 0 radical (unpaired) electrons. The van der Waals surface area contributed by atoms with E-state index in [1.54, 1.807) is 0 Å². The van der Waals surface area contributed by atoms with Gasteiger partial charge in [0.15, 0.2) is 5.79 Å². The van der Waals surface area contributed by atoms with Crippen LogP contribution in [-0.2, 0) is 15.9 Å². The van der Waals surface area contributed by atoms with Crippen molar-refractivity contribution in [1.29, 1.82) is 0 Å². The van der Waals surface area contributed by atoms with Crippen LogP contribution >= 0.6 is 11.6 Å². The third-order valence-corrected chi connectivity index (χ3v) is 6.38. The van der Waals surface area contributed by atoms with E-state index in [0.29, 0.717) is 6.61 Å². The maximum absolute atomic E-state index is 6.49. The number of ether oxygens (including phenoxy) is 2. The van der Waals surface area contributed by atoms with E-state index in [1.807, 2.05) is 12.1 Å². The Labute approximate surface area is 164 Å². The number of nitrogens with zero attached hydrogens (tertiary/aromatic N) is 1. The van der Waals surface area contributed by atoms with Crippen LogP contribution in [0.5, 0.6) is 0 Å². The zero-order chi connectivity index (χ0) is 18.9. The first-order valence-electron chi connectivity index (χ1n) is 9.95. The molecule has 0 bridgehead atoms. The van der Waals surface area contributed by atoms with Crippen molar-refractivity contribution in [2.24, 2.45) is 17.3 Å². The Balaban J connectivity index is 1.60. The van der Waals surface area contributed by atoms with Gasteiger partial charge in [-0.1, -0.05) is 51.4 Å². The fourth-order valence-electron chi connectivity index (χ4n) is 4.59. The number of hydrogen-bond donors (Lipinski definition) is 0. The molecule has 4 atom stereocenters. The fraction of sp³-hybridized carbons (Fsp3) is 0.727. The van der Waals surface area contributed by atoms with Gasteiger partial charge in [0, 0.05) is 30.1 Å². The molecule has 4 heteroatoms. The molecule has 0 aromatic heterocycles. The molecule has 0 amide bonds. The predicted molar refractivity (Wildman–Crippen MR) is 108 cm³/mol. The van der Waals surface area contributed by atoms with Crippen molar-refractivity contribution in [3.05, 3.63) is 34.9 Å². The quantitative estimate of drug-likeness (QED) is 0.717. The molecule has 2 aliphatic rings. The summed E-state index contributed by atoms with van der Waals surface area (Å²) in [7, 11) is 0. The maximum atomic E-state index is 6.49. The Morgan fingerprint density at radius 3 is 2.38 bits per heavy atom. The standard InChI is InChI=1S/C22H34ClNO2/c1-16-10-17(2)13-24(12-16)14-20-15-25-22(5,26-20)21(3,4)11-18-6-8-19(23)9-7-18/h6-9,16-17,20H,10-15H2,1-5H3. The van der Waals surface area contributed by atoms with Crippen LogP contribution < -0.4 is 0 Å². The molecule has 2 saturated heterocycles. The van der Waals surface area contributed by atoms with Crippen molar-refractivity contribution in [3.63, 3.8) is 0 Å². The topological polar surface area (TPSA) is 21.7 Å². The van der Waals surface area contributed by atoms with Crippen molar-refractivity contribution >= 4 is 11.6 Å². The molecule has 3 rings (SSSR count). The molecule has 1 aromatic carbocycles. The van der Waals surface area contributed by atoms with Crippen LogP contribution in [0, 0.1) is 17.3 Å². The number of piperidine rings is 1. The third kappa shape index (κ3) is 4.62. The highest BCUT2D eigenvalue weighted by Gasteiger charge is 2.49. The molecular weight excluding hydrogens is 346 g/mol. The smallest absolute Gasteiger partial charge is 0.171 e. The number of halogens is 1. The van der Waals surface area contributed by atoms with Gasteiger partial charge in [-0.05, 0) is 49.3 Å². The van der Waals surface area contributed by atoms with Gasteiger partial charge >= 0.3 is 0 Å². The number of likely N-dealkylation sites (tertiary alicyclic amines) is 1. The van der Waals surface area contributed by atoms with Gasteiger partial charge in [-0.3, -0.25) is 0 Å². The minimum Gasteiger partial charge on any atom is -0.347 e. The van der Waals surface area contributed by atoms with Crippen LogP contribution in [0.1, 0.15) is 46.6 Å². The van der Waals surface area contributed by atoms with Crippen LogP contribution in [-0.4, -0.2) is 43.0 Å². The van der Waals surface area contributed by atoms with Crippen LogP contribution in [0.15, 0.2) is 24.3 Å². The molecule has 0 saturated carbocycles. The van der Waals surface area contributed by atoms with E-state index >= 15 is 0 Å². The third-order valence-electron chi connectivity index (χ3n) is 6.13. The lowest BCUT2D eigenvalue weighted by atomic mass is 9.78. The minimum absolute atomic E-state index is 0.127. The Morgan fingerprint density at radius 2 is 1.77 bits per heavy atom. The largest absolute Gasteiger partial charge is 0.347 e. The SMILES string of the molecule is CC1CC(C)CN(CC2COC(C)(C(C)(C)Cc3ccc(Cl)cc3)O2)C1. The molecule has 3 nitrogen and oxygen atoms in total. The van der Waals surface area contributed by atoms with Gasteiger partial charge in [0.25, 0.3) is 0 Å². The Bertz CT molecular complexity index is 593. The summed E-state index contributed by atoms with van der Waals surface area (Å²) in [6.45, 7) is 15.3. The molecule has 2 aliphatic heterocycles. The normalized spacial score (nSPS) is 33.5. The number of benzene rings is 1. The van der Waals surface area contributed by atoms with Crippen molar-refractivity contribution in [2.45, 2.75) is 59.4 Å². The summed E-state index contributed by atoms with van der Waals surface area (Å²) in [5.74, 6) is 0.979. The summed E-state index contributed by atoms with van der Waals surface area (Å²) in [4.78, 5) is 2.56. The summed E-state index contributed by atoms with van der Waals surface area (Å²) in [5, 5.41) is 0.774. The zero-order valence-electron chi connectivity index (χ0n) is 16.9. The predicted octanol–water partition coefficient (Wildman–Crippen LogP) is 5.02. The lowest BCUT2D eigenvalue weighted by Gasteiger charge is -2.40. The zero-order valence-corrected chi connectivity index (χ0v) is 17.7. The molecule has 1 aromatic rings. The van der Waals surface area contributed by atoms with Crippen molar-refractivity contribution < 1.29 is 9.47 Å². The number of hydrogen-bond acceptors (Lipinski definition) is 3. The second-order valence-corrected chi connectivity index (χ2v) is 9.78. The molecule has 146 valence electrons. The minimum atomic E-state index is -0.565. The molecule has 0 N–H and O–H groups in total. The molecule has 2 fully saturated rings. The van der Waals surface area contributed by atoms with E-state index in [2.05, 4.69) is 51.7 Å². The van der Waals surface area contributed by atoms with E-state index in [-0.39, 0.29) is 11.5 Å². The van der Waals surface area contributed by atoms with Crippen molar-refractivity contribution in [1.82, 2.24) is 4.90 Å². The van der Waals surface area contributed by atoms with Gasteiger partial charge in [0.05, 0.1) is 12.7 Å². The molecule has 0 spiro atoms. The van der Waals surface area contributed by atoms with Gasteiger partial charge in [0.1, 0.15) is 0 Å². The molecule has 4 unspecified atom stereocenters. The van der Waals surface area contributed by atoms with Crippen molar-refractivity contribution in [2.75, 3.05) is 26.2 Å². The monoisotopic (exact) mass is 379 g/mol. The first kappa shape index (κ1) is 20.1. The molecule has 2 heterocycles. The van der Waals surface area contributed by atoms with Gasteiger partial charge in [0.2, 0.25) is 0 Å². The molecular formula is C22H34ClNO2. The summed E-state index contributed by atoms with van der Waals surface area (Å²) < 4.78 is 12.7. The first-order chi connectivity index (χ1) is 12.2. The van der Waals surface area contributed by atoms with Gasteiger partial charge in [-0.15, -0.1) is 0 Å². The van der Waals surface area contributed by atoms with E-state index < -0.39 is 5.79 Å². The molecule has 0 aliphatic carbocycles. The average molecular weight is 380 g/mol. The van der Waals surface area contributed by atoms with Gasteiger partial charge in [-0.25, -0.2) is 0 Å². The summed E-state index contributed by atoms with van der Waals surface area (Å²) in [5.41, 5.74) is 1.13. The Morgan fingerprint density at radius 1 is 1.15 bits per heavy atom. The highest BCUT2D eigenvalue weighted by molar-refractivity contribution is 6.30. The van der Waals surface area contributed by atoms with E-state index in [9.17, 15) is 0 Å². The summed E-state index contributed by atoms with van der Waals surface area (Å²) >= 11 is 6.02. The first-order valence-corrected chi connectivity index (χ1v) is 10.3. The average Bonchev–Trinajstić information content (AvgIpc) is 2.91. The lowest BCUT2D eigenvalue weighted by Crippen LogP contribution is -2.47. The van der Waals surface area contributed by atoms with E-state index in [4.69, 9.17) is 21.1 Å². The van der Waals surface area contributed by atoms with Crippen LogP contribution in [0.4, 0.5) is 0 Å². The Kier molecular flexibility index (Phi) is 6.03. The Hall–Kier alpha value is -0.610. The highest BCUT2D eigenvalue weighted by Crippen LogP contribution is 2.42. The second kappa shape index (κ2) is 7.79. The van der Waals surface area contributed by atoms with Crippen LogP contribution in [0.2, 0.25) is 5.02 Å². The highest BCUT2D eigenvalue weighted by atomic mass is 35.5. The second-order valence-electron chi connectivity index (χ2n) is 9.35.